The zero-order chi connectivity index (χ0) is 15.8. The lowest BCUT2D eigenvalue weighted by molar-refractivity contribution is 0.600. The van der Waals surface area contributed by atoms with Crippen LogP contribution in [0.2, 0.25) is 0 Å². The average molecular weight is 370 g/mol. The van der Waals surface area contributed by atoms with Gasteiger partial charge in [0.05, 0.1) is 16.8 Å². The van der Waals surface area contributed by atoms with Gasteiger partial charge in [0.2, 0.25) is 0 Å². The van der Waals surface area contributed by atoms with E-state index in [1.54, 1.807) is 19.1 Å². The van der Waals surface area contributed by atoms with Crippen molar-refractivity contribution in [3.63, 3.8) is 0 Å². The largest absolute Gasteiger partial charge is 0.399 e. The summed E-state index contributed by atoms with van der Waals surface area (Å²) >= 11 is 3.28. The summed E-state index contributed by atoms with van der Waals surface area (Å²) in [4.78, 5) is 4.26. The predicted molar refractivity (Wildman–Crippen MR) is 87.8 cm³/mol. The standard InChI is InChI=1S/C14H16BrN3O2S/c1-8-4-11(16)6-13(10(8)3)21(19,20)18-12-5-9(2)14(15)17-7-12/h4-7,18H,16H2,1-3H3. The zero-order valence-corrected chi connectivity index (χ0v) is 14.3. The maximum Gasteiger partial charge on any atom is 0.262 e. The molecule has 0 saturated heterocycles. The molecule has 0 aliphatic carbocycles. The van der Waals surface area contributed by atoms with Gasteiger partial charge < -0.3 is 5.73 Å². The monoisotopic (exact) mass is 369 g/mol. The Hall–Kier alpha value is -1.60. The van der Waals surface area contributed by atoms with Gasteiger partial charge in [-0.2, -0.15) is 0 Å². The van der Waals surface area contributed by atoms with Gasteiger partial charge in [-0.05, 0) is 71.6 Å². The average Bonchev–Trinajstić information content (AvgIpc) is 2.37. The molecule has 1 heterocycles. The third kappa shape index (κ3) is 3.36. The Labute approximate surface area is 132 Å². The molecule has 7 heteroatoms. The summed E-state index contributed by atoms with van der Waals surface area (Å²) in [6.07, 6.45) is 1.46. The first-order chi connectivity index (χ1) is 9.70. The van der Waals surface area contributed by atoms with Gasteiger partial charge in [-0.3, -0.25) is 4.72 Å². The number of rotatable bonds is 3. The molecule has 0 spiro atoms. The Kier molecular flexibility index (Phi) is 4.25. The number of aromatic nitrogens is 1. The second-order valence-electron chi connectivity index (χ2n) is 4.90. The fraction of sp³-hybridized carbons (Fsp3) is 0.214. The number of nitrogens with zero attached hydrogens (tertiary/aromatic N) is 1. The summed E-state index contributed by atoms with van der Waals surface area (Å²) in [6.45, 7) is 5.43. The molecule has 1 aromatic carbocycles. The number of aryl methyl sites for hydroxylation is 2. The van der Waals surface area contributed by atoms with Gasteiger partial charge >= 0.3 is 0 Å². The van der Waals surface area contributed by atoms with Gasteiger partial charge in [-0.1, -0.05) is 0 Å². The molecule has 0 unspecified atom stereocenters. The highest BCUT2D eigenvalue weighted by atomic mass is 79.9. The van der Waals surface area contributed by atoms with Gasteiger partial charge in [0, 0.05) is 5.69 Å². The number of pyridine rings is 1. The van der Waals surface area contributed by atoms with Crippen LogP contribution in [0.1, 0.15) is 16.7 Å². The molecule has 0 aliphatic heterocycles. The van der Waals surface area contributed by atoms with E-state index in [-0.39, 0.29) is 4.90 Å². The predicted octanol–water partition coefficient (Wildman–Crippen LogP) is 3.15. The first-order valence-electron chi connectivity index (χ1n) is 6.22. The number of nitrogens with one attached hydrogen (secondary N) is 1. The smallest absolute Gasteiger partial charge is 0.262 e. The van der Waals surface area contributed by atoms with Crippen LogP contribution in [-0.2, 0) is 10.0 Å². The number of nitrogens with two attached hydrogens (primary N) is 1. The second kappa shape index (κ2) is 5.65. The van der Waals surface area contributed by atoms with Gasteiger partial charge in [0.25, 0.3) is 10.0 Å². The molecule has 0 saturated carbocycles. The van der Waals surface area contributed by atoms with Crippen LogP contribution < -0.4 is 10.5 Å². The number of anilines is 2. The summed E-state index contributed by atoms with van der Waals surface area (Å²) in [6, 6.07) is 4.92. The highest BCUT2D eigenvalue weighted by molar-refractivity contribution is 9.10. The van der Waals surface area contributed by atoms with Gasteiger partial charge in [-0.15, -0.1) is 0 Å². The molecule has 2 aromatic rings. The third-order valence-corrected chi connectivity index (χ3v) is 5.54. The summed E-state index contributed by atoms with van der Waals surface area (Å²) < 4.78 is 28.2. The molecule has 5 nitrogen and oxygen atoms in total. The van der Waals surface area contributed by atoms with Crippen LogP contribution in [0.25, 0.3) is 0 Å². The van der Waals surface area contributed by atoms with E-state index in [0.717, 1.165) is 11.1 Å². The van der Waals surface area contributed by atoms with Crippen molar-refractivity contribution in [1.29, 1.82) is 0 Å². The van der Waals surface area contributed by atoms with Crippen molar-refractivity contribution >= 4 is 37.3 Å². The van der Waals surface area contributed by atoms with Crippen molar-refractivity contribution in [2.45, 2.75) is 25.7 Å². The van der Waals surface area contributed by atoms with E-state index in [2.05, 4.69) is 25.6 Å². The molecule has 0 fully saturated rings. The maximum atomic E-state index is 12.5. The van der Waals surface area contributed by atoms with Gasteiger partial charge in [0.1, 0.15) is 4.60 Å². The lowest BCUT2D eigenvalue weighted by Gasteiger charge is -2.13. The fourth-order valence-corrected chi connectivity index (χ4v) is 3.56. The SMILES string of the molecule is Cc1cc(NS(=O)(=O)c2cc(N)cc(C)c2C)cnc1Br. The van der Waals surface area contributed by atoms with E-state index < -0.39 is 10.0 Å². The van der Waals surface area contributed by atoms with E-state index in [4.69, 9.17) is 5.73 Å². The van der Waals surface area contributed by atoms with E-state index in [1.807, 2.05) is 13.8 Å². The summed E-state index contributed by atoms with van der Waals surface area (Å²) in [5, 5.41) is 0. The van der Waals surface area contributed by atoms with E-state index in [9.17, 15) is 8.42 Å². The Morgan fingerprint density at radius 2 is 1.81 bits per heavy atom. The van der Waals surface area contributed by atoms with Crippen molar-refractivity contribution in [1.82, 2.24) is 4.98 Å². The minimum absolute atomic E-state index is 0.181. The molecule has 1 aromatic heterocycles. The number of hydrogen-bond acceptors (Lipinski definition) is 4. The van der Waals surface area contributed by atoms with E-state index in [0.29, 0.717) is 21.5 Å². The Morgan fingerprint density at radius 3 is 2.43 bits per heavy atom. The molecule has 2 rings (SSSR count). The minimum atomic E-state index is -3.70. The molecule has 21 heavy (non-hydrogen) atoms. The van der Waals surface area contributed by atoms with Crippen molar-refractivity contribution in [3.05, 3.63) is 45.7 Å². The van der Waals surface area contributed by atoms with E-state index >= 15 is 0 Å². The summed E-state index contributed by atoms with van der Waals surface area (Å²) in [5.74, 6) is 0. The van der Waals surface area contributed by atoms with Crippen LogP contribution >= 0.6 is 15.9 Å². The molecule has 0 bridgehead atoms. The molecule has 0 radical (unpaired) electrons. The number of nitrogen functional groups attached to an aromatic ring is 1. The van der Waals surface area contributed by atoms with Crippen molar-refractivity contribution < 1.29 is 8.42 Å². The number of benzene rings is 1. The topological polar surface area (TPSA) is 85.1 Å². The summed E-state index contributed by atoms with van der Waals surface area (Å²) in [7, 11) is -3.70. The summed E-state index contributed by atoms with van der Waals surface area (Å²) in [5.41, 5.74) is 8.94. The molecule has 0 atom stereocenters. The van der Waals surface area contributed by atoms with Crippen LogP contribution in [0.4, 0.5) is 11.4 Å². The Bertz CT molecular complexity index is 804. The Balaban J connectivity index is 2.45. The molecule has 112 valence electrons. The second-order valence-corrected chi connectivity index (χ2v) is 7.30. The van der Waals surface area contributed by atoms with Crippen molar-refractivity contribution in [2.24, 2.45) is 0 Å². The first-order valence-corrected chi connectivity index (χ1v) is 8.50. The van der Waals surface area contributed by atoms with Gasteiger partial charge in [-0.25, -0.2) is 13.4 Å². The molecular weight excluding hydrogens is 354 g/mol. The van der Waals surface area contributed by atoms with E-state index in [1.165, 1.54) is 12.3 Å². The van der Waals surface area contributed by atoms with Crippen LogP contribution in [0, 0.1) is 20.8 Å². The van der Waals surface area contributed by atoms with Gasteiger partial charge in [0.15, 0.2) is 0 Å². The van der Waals surface area contributed by atoms with Crippen molar-refractivity contribution in [3.8, 4) is 0 Å². The first kappa shape index (κ1) is 15.8. The lowest BCUT2D eigenvalue weighted by Crippen LogP contribution is -2.15. The van der Waals surface area contributed by atoms with Crippen molar-refractivity contribution in [2.75, 3.05) is 10.5 Å². The highest BCUT2D eigenvalue weighted by Crippen LogP contribution is 2.25. The number of halogens is 1. The molecule has 0 aliphatic rings. The third-order valence-electron chi connectivity index (χ3n) is 3.20. The zero-order valence-electron chi connectivity index (χ0n) is 11.9. The Morgan fingerprint density at radius 1 is 1.14 bits per heavy atom. The van der Waals surface area contributed by atoms with Crippen LogP contribution in [0.3, 0.4) is 0 Å². The minimum Gasteiger partial charge on any atom is -0.399 e. The van der Waals surface area contributed by atoms with Crippen LogP contribution in [-0.4, -0.2) is 13.4 Å². The fourth-order valence-electron chi connectivity index (χ4n) is 1.96. The number of sulfonamides is 1. The lowest BCUT2D eigenvalue weighted by atomic mass is 10.1. The normalized spacial score (nSPS) is 11.4. The molecule has 3 N–H and O–H groups in total. The van der Waals surface area contributed by atoms with Crippen LogP contribution in [0.5, 0.6) is 0 Å². The quantitative estimate of drug-likeness (QED) is 0.642. The highest BCUT2D eigenvalue weighted by Gasteiger charge is 2.19. The molecular formula is C14H16BrN3O2S. The number of hydrogen-bond donors (Lipinski definition) is 2. The maximum absolute atomic E-state index is 12.5. The molecule has 0 amide bonds. The van der Waals surface area contributed by atoms with Crippen LogP contribution in [0.15, 0.2) is 33.9 Å².